The second-order valence-corrected chi connectivity index (χ2v) is 11.2. The molecule has 0 radical (unpaired) electrons. The van der Waals surface area contributed by atoms with Gasteiger partial charge in [-0.1, -0.05) is 72.4 Å². The van der Waals surface area contributed by atoms with Crippen LogP contribution in [-0.2, 0) is 11.2 Å². The number of hydrogen-bond acceptors (Lipinski definition) is 4. The van der Waals surface area contributed by atoms with E-state index in [0.29, 0.717) is 20.1 Å². The normalized spacial score (nSPS) is 20.2. The van der Waals surface area contributed by atoms with Crippen LogP contribution in [0.2, 0.25) is 20.1 Å². The number of benzene rings is 2. The molecule has 2 aromatic rings. The second kappa shape index (κ2) is 12.8. The first-order valence-electron chi connectivity index (χ1n) is 12.4. The van der Waals surface area contributed by atoms with Gasteiger partial charge in [0.05, 0.1) is 31.3 Å². The number of aliphatic hydroxyl groups is 2. The maximum absolute atomic E-state index is 10.7. The van der Waals surface area contributed by atoms with Crippen LogP contribution in [0.25, 0.3) is 0 Å². The van der Waals surface area contributed by atoms with E-state index in [-0.39, 0.29) is 0 Å². The van der Waals surface area contributed by atoms with Gasteiger partial charge < -0.3 is 20.0 Å². The minimum atomic E-state index is -0.752. The van der Waals surface area contributed by atoms with Crippen molar-refractivity contribution in [3.05, 3.63) is 67.6 Å². The molecule has 2 saturated heterocycles. The first kappa shape index (κ1) is 29.0. The van der Waals surface area contributed by atoms with Gasteiger partial charge >= 0.3 is 0 Å². The van der Waals surface area contributed by atoms with Crippen molar-refractivity contribution in [1.29, 1.82) is 0 Å². The van der Waals surface area contributed by atoms with Crippen LogP contribution in [0, 0.1) is 0 Å². The fourth-order valence-corrected chi connectivity index (χ4v) is 5.45. The zero-order valence-corrected chi connectivity index (χ0v) is 23.6. The maximum Gasteiger partial charge on any atom is 0.0921 e. The van der Waals surface area contributed by atoms with Crippen molar-refractivity contribution in [2.45, 2.75) is 57.2 Å². The van der Waals surface area contributed by atoms with E-state index in [1.54, 1.807) is 24.3 Å². The summed E-state index contributed by atoms with van der Waals surface area (Å²) in [5.74, 6) is 0. The highest BCUT2D eigenvalue weighted by Gasteiger charge is 2.35. The summed E-state index contributed by atoms with van der Waals surface area (Å²) in [6.45, 7) is 10.2. The Morgan fingerprint density at radius 1 is 0.657 bits per heavy atom. The van der Waals surface area contributed by atoms with Gasteiger partial charge in [-0.15, -0.1) is 0 Å². The summed E-state index contributed by atoms with van der Waals surface area (Å²) in [6.07, 6.45) is 4.17. The fraction of sp³-hybridized carbons (Fsp3) is 0.556. The number of nitrogens with zero attached hydrogens (tertiary/aromatic N) is 2. The zero-order chi connectivity index (χ0) is 25.6. The first-order chi connectivity index (χ1) is 16.6. The second-order valence-electron chi connectivity index (χ2n) is 9.60. The first-order valence-corrected chi connectivity index (χ1v) is 13.9. The van der Waals surface area contributed by atoms with Gasteiger partial charge in [-0.3, -0.25) is 0 Å². The molecule has 0 bridgehead atoms. The average molecular weight is 562 g/mol. The van der Waals surface area contributed by atoms with Gasteiger partial charge in [0, 0.05) is 26.2 Å². The minimum Gasteiger partial charge on any atom is -0.385 e. The smallest absolute Gasteiger partial charge is 0.0921 e. The highest BCUT2D eigenvalue weighted by Crippen LogP contribution is 2.37. The van der Waals surface area contributed by atoms with Crippen LogP contribution >= 0.6 is 46.4 Å². The van der Waals surface area contributed by atoms with Crippen molar-refractivity contribution in [1.82, 2.24) is 9.80 Å². The Morgan fingerprint density at radius 3 is 1.40 bits per heavy atom. The fourth-order valence-electron chi connectivity index (χ4n) is 4.85. The highest BCUT2D eigenvalue weighted by molar-refractivity contribution is 6.42. The van der Waals surface area contributed by atoms with Crippen LogP contribution in [0.1, 0.15) is 57.1 Å². The summed E-state index contributed by atoms with van der Waals surface area (Å²) >= 11 is 23.8. The van der Waals surface area contributed by atoms with Crippen LogP contribution in [0.15, 0.2) is 36.4 Å². The Labute approximate surface area is 229 Å². The predicted octanol–water partition coefficient (Wildman–Crippen LogP) is 6.98. The third kappa shape index (κ3) is 7.49. The van der Waals surface area contributed by atoms with E-state index in [1.165, 1.54) is 0 Å². The number of piperidine rings is 2. The molecule has 8 heteroatoms. The lowest BCUT2D eigenvalue weighted by Gasteiger charge is -2.38. The molecular formula is C27H36Cl4N2O2. The van der Waals surface area contributed by atoms with Crippen molar-refractivity contribution in [3.8, 4) is 0 Å². The summed E-state index contributed by atoms with van der Waals surface area (Å²) in [5, 5.41) is 23.4. The molecule has 0 aromatic heterocycles. The Bertz CT molecular complexity index is 972. The van der Waals surface area contributed by atoms with Crippen molar-refractivity contribution in [2.75, 3.05) is 39.3 Å². The molecule has 0 aliphatic carbocycles. The Hall–Kier alpha value is -0.560. The van der Waals surface area contributed by atoms with Gasteiger partial charge in [-0.2, -0.15) is 0 Å². The van der Waals surface area contributed by atoms with E-state index in [9.17, 15) is 10.2 Å². The van der Waals surface area contributed by atoms with Crippen molar-refractivity contribution in [3.63, 3.8) is 0 Å². The Balaban J connectivity index is 0.000000196. The third-order valence-electron chi connectivity index (χ3n) is 7.27. The molecule has 4 nitrogen and oxygen atoms in total. The molecule has 0 atom stereocenters. The van der Waals surface area contributed by atoms with E-state index in [4.69, 9.17) is 46.4 Å². The molecule has 2 aromatic carbocycles. The lowest BCUT2D eigenvalue weighted by Crippen LogP contribution is -2.42. The predicted molar refractivity (Wildman–Crippen MR) is 148 cm³/mol. The topological polar surface area (TPSA) is 46.9 Å². The Morgan fingerprint density at radius 2 is 1.06 bits per heavy atom. The number of rotatable bonds is 5. The van der Waals surface area contributed by atoms with Gasteiger partial charge in [0.15, 0.2) is 0 Å². The molecule has 2 fully saturated rings. The van der Waals surface area contributed by atoms with Gasteiger partial charge in [0.25, 0.3) is 0 Å². The van der Waals surface area contributed by atoms with Crippen molar-refractivity contribution in [2.24, 2.45) is 0 Å². The molecule has 2 N–H and O–H groups in total. The third-order valence-corrected chi connectivity index (χ3v) is 8.75. The van der Waals surface area contributed by atoms with Crippen LogP contribution in [0.3, 0.4) is 0 Å². The molecule has 2 heterocycles. The number of halogens is 4. The van der Waals surface area contributed by atoms with E-state index in [2.05, 4.69) is 23.6 Å². The van der Waals surface area contributed by atoms with Gasteiger partial charge in [-0.25, -0.2) is 0 Å². The molecule has 0 spiro atoms. The van der Waals surface area contributed by atoms with Crippen LogP contribution < -0.4 is 0 Å². The zero-order valence-electron chi connectivity index (χ0n) is 20.5. The summed E-state index contributed by atoms with van der Waals surface area (Å²) in [5.41, 5.74) is 0.258. The van der Waals surface area contributed by atoms with Crippen molar-refractivity contribution < 1.29 is 10.2 Å². The SMILES string of the molecule is CCCN1CCC(O)(c2ccc(Cl)c(Cl)c2)CC1.CCN1CCC(O)(c2ccc(Cl)c(Cl)c2)CC1. The van der Waals surface area contributed by atoms with Gasteiger partial charge in [0.1, 0.15) is 0 Å². The summed E-state index contributed by atoms with van der Waals surface area (Å²) in [7, 11) is 0. The van der Waals surface area contributed by atoms with Gasteiger partial charge in [-0.05, 0) is 80.6 Å². The lowest BCUT2D eigenvalue weighted by molar-refractivity contribution is -0.0258. The summed E-state index contributed by atoms with van der Waals surface area (Å²) < 4.78 is 0. The van der Waals surface area contributed by atoms with Crippen molar-refractivity contribution >= 4 is 46.4 Å². The average Bonchev–Trinajstić information content (AvgIpc) is 2.85. The number of likely N-dealkylation sites (tertiary alicyclic amines) is 2. The molecule has 2 aliphatic heterocycles. The van der Waals surface area contributed by atoms with E-state index in [1.807, 2.05) is 12.1 Å². The minimum absolute atomic E-state index is 0.510. The highest BCUT2D eigenvalue weighted by atomic mass is 35.5. The standard InChI is InChI=1S/C14H19Cl2NO.C13H17Cl2NO/c1-2-7-17-8-5-14(18,6-9-17)11-3-4-12(15)13(16)10-11;1-2-16-7-5-13(17,6-8-16)10-3-4-11(14)12(15)9-10/h3-4,10,18H,2,5-9H2,1H3;3-4,9,17H,2,5-8H2,1H3. The molecular weight excluding hydrogens is 526 g/mol. The molecule has 35 heavy (non-hydrogen) atoms. The van der Waals surface area contributed by atoms with Crippen LogP contribution in [-0.4, -0.2) is 59.3 Å². The summed E-state index contributed by atoms with van der Waals surface area (Å²) in [6, 6.07) is 10.8. The molecule has 194 valence electrons. The quantitative estimate of drug-likeness (QED) is 0.413. The Kier molecular flexibility index (Phi) is 10.6. The maximum atomic E-state index is 10.7. The largest absolute Gasteiger partial charge is 0.385 e. The summed E-state index contributed by atoms with van der Waals surface area (Å²) in [4.78, 5) is 4.73. The monoisotopic (exact) mass is 560 g/mol. The van der Waals surface area contributed by atoms with E-state index in [0.717, 1.165) is 82.5 Å². The molecule has 0 saturated carbocycles. The molecule has 0 amide bonds. The molecule has 4 rings (SSSR count). The molecule has 2 aliphatic rings. The van der Waals surface area contributed by atoms with Gasteiger partial charge in [0.2, 0.25) is 0 Å². The van der Waals surface area contributed by atoms with E-state index >= 15 is 0 Å². The van der Waals surface area contributed by atoms with E-state index < -0.39 is 11.2 Å². The van der Waals surface area contributed by atoms with Crippen LogP contribution in [0.4, 0.5) is 0 Å². The number of hydrogen-bond donors (Lipinski definition) is 2. The molecule has 0 unspecified atom stereocenters. The van der Waals surface area contributed by atoms with Crippen LogP contribution in [0.5, 0.6) is 0 Å². The lowest BCUT2D eigenvalue weighted by atomic mass is 9.84.